The maximum Gasteiger partial charge on any atom is 0.193 e. The molecular formula is C14H14O3. The molecule has 17 heavy (non-hydrogen) atoms. The molecule has 1 aromatic carbocycles. The lowest BCUT2D eigenvalue weighted by atomic mass is 10.0. The van der Waals surface area contributed by atoms with Crippen LogP contribution in [-0.2, 0) is 0 Å². The van der Waals surface area contributed by atoms with Gasteiger partial charge in [0.05, 0.1) is 12.7 Å². The second kappa shape index (κ2) is 4.45. The van der Waals surface area contributed by atoms with Gasteiger partial charge in [0.25, 0.3) is 0 Å². The number of hydrogen-bond acceptors (Lipinski definition) is 3. The van der Waals surface area contributed by atoms with Crippen molar-refractivity contribution >= 4 is 0 Å². The summed E-state index contributed by atoms with van der Waals surface area (Å²) in [4.78, 5) is 11.9. The lowest BCUT2D eigenvalue weighted by molar-refractivity contribution is 0.415. The van der Waals surface area contributed by atoms with Crippen molar-refractivity contribution in [3.8, 4) is 16.9 Å². The number of ether oxygens (including phenoxy) is 1. The Bertz CT molecular complexity index is 579. The average Bonchev–Trinajstić information content (AvgIpc) is 2.28. The topological polar surface area (TPSA) is 39.4 Å². The summed E-state index contributed by atoms with van der Waals surface area (Å²) in [6.07, 6.45) is 0. The second-order valence-electron chi connectivity index (χ2n) is 3.88. The SMILES string of the molecule is COc1ccc(-c2c(C)oc(C)cc2=O)cc1. The quantitative estimate of drug-likeness (QED) is 0.796. The van der Waals surface area contributed by atoms with Crippen molar-refractivity contribution in [3.05, 3.63) is 52.1 Å². The van der Waals surface area contributed by atoms with E-state index >= 15 is 0 Å². The van der Waals surface area contributed by atoms with Gasteiger partial charge in [-0.05, 0) is 31.5 Å². The van der Waals surface area contributed by atoms with Crippen LogP contribution in [0.3, 0.4) is 0 Å². The first-order valence-electron chi connectivity index (χ1n) is 5.37. The molecule has 1 heterocycles. The van der Waals surface area contributed by atoms with Crippen LogP contribution in [0.5, 0.6) is 5.75 Å². The standard InChI is InChI=1S/C14H14O3/c1-9-8-13(15)14(10(2)17-9)11-4-6-12(16-3)7-5-11/h4-8H,1-3H3. The summed E-state index contributed by atoms with van der Waals surface area (Å²) < 4.78 is 10.6. The molecule has 0 spiro atoms. The predicted molar refractivity (Wildman–Crippen MR) is 66.4 cm³/mol. The zero-order valence-corrected chi connectivity index (χ0v) is 10.1. The summed E-state index contributed by atoms with van der Waals surface area (Å²) in [5.41, 5.74) is 1.44. The van der Waals surface area contributed by atoms with Crippen LogP contribution in [0.1, 0.15) is 11.5 Å². The molecule has 0 fully saturated rings. The zero-order chi connectivity index (χ0) is 12.4. The molecule has 0 N–H and O–H groups in total. The summed E-state index contributed by atoms with van der Waals surface area (Å²) in [6, 6.07) is 8.87. The maximum absolute atomic E-state index is 11.9. The fourth-order valence-corrected chi connectivity index (χ4v) is 1.86. The number of hydrogen-bond donors (Lipinski definition) is 0. The molecule has 0 amide bonds. The van der Waals surface area contributed by atoms with Crippen LogP contribution in [0.2, 0.25) is 0 Å². The minimum absolute atomic E-state index is 0.0172. The van der Waals surface area contributed by atoms with E-state index in [2.05, 4.69) is 0 Å². The van der Waals surface area contributed by atoms with E-state index in [9.17, 15) is 4.79 Å². The van der Waals surface area contributed by atoms with Crippen LogP contribution in [0.25, 0.3) is 11.1 Å². The van der Waals surface area contributed by atoms with Crippen LogP contribution in [0.15, 0.2) is 39.5 Å². The highest BCUT2D eigenvalue weighted by Crippen LogP contribution is 2.22. The third-order valence-corrected chi connectivity index (χ3v) is 2.63. The largest absolute Gasteiger partial charge is 0.497 e. The molecule has 0 saturated heterocycles. The van der Waals surface area contributed by atoms with Crippen molar-refractivity contribution < 1.29 is 9.15 Å². The van der Waals surface area contributed by atoms with Crippen molar-refractivity contribution in [1.29, 1.82) is 0 Å². The van der Waals surface area contributed by atoms with E-state index in [-0.39, 0.29) is 5.43 Å². The van der Waals surface area contributed by atoms with Crippen molar-refractivity contribution in [2.75, 3.05) is 7.11 Å². The molecule has 2 rings (SSSR count). The van der Waals surface area contributed by atoms with E-state index in [0.29, 0.717) is 17.1 Å². The smallest absolute Gasteiger partial charge is 0.193 e. The Hall–Kier alpha value is -2.03. The van der Waals surface area contributed by atoms with Gasteiger partial charge < -0.3 is 9.15 Å². The Kier molecular flexibility index (Phi) is 3.00. The Morgan fingerprint density at radius 2 is 1.76 bits per heavy atom. The van der Waals surface area contributed by atoms with E-state index in [0.717, 1.165) is 11.3 Å². The van der Waals surface area contributed by atoms with Gasteiger partial charge in [0.15, 0.2) is 5.43 Å². The molecule has 0 bridgehead atoms. The molecule has 0 aliphatic rings. The summed E-state index contributed by atoms with van der Waals surface area (Å²) in [7, 11) is 1.61. The fraction of sp³-hybridized carbons (Fsp3) is 0.214. The van der Waals surface area contributed by atoms with Gasteiger partial charge in [-0.25, -0.2) is 0 Å². The first-order chi connectivity index (χ1) is 8.11. The molecule has 0 aliphatic carbocycles. The van der Waals surface area contributed by atoms with Gasteiger partial charge in [-0.15, -0.1) is 0 Å². The molecule has 1 aromatic heterocycles. The monoisotopic (exact) mass is 230 g/mol. The predicted octanol–water partition coefficient (Wildman–Crippen LogP) is 2.93. The van der Waals surface area contributed by atoms with E-state index in [4.69, 9.17) is 9.15 Å². The molecule has 2 aromatic rings. The molecule has 0 atom stereocenters. The van der Waals surface area contributed by atoms with Crippen LogP contribution in [-0.4, -0.2) is 7.11 Å². The van der Waals surface area contributed by atoms with Gasteiger partial charge >= 0.3 is 0 Å². The summed E-state index contributed by atoms with van der Waals surface area (Å²) >= 11 is 0. The lowest BCUT2D eigenvalue weighted by Gasteiger charge is -2.06. The van der Waals surface area contributed by atoms with E-state index < -0.39 is 0 Å². The molecule has 0 unspecified atom stereocenters. The Morgan fingerprint density at radius 3 is 2.29 bits per heavy atom. The van der Waals surface area contributed by atoms with Gasteiger partial charge in [0, 0.05) is 6.07 Å². The Morgan fingerprint density at radius 1 is 1.12 bits per heavy atom. The number of aryl methyl sites for hydroxylation is 2. The fourth-order valence-electron chi connectivity index (χ4n) is 1.86. The lowest BCUT2D eigenvalue weighted by Crippen LogP contribution is -2.06. The highest BCUT2D eigenvalue weighted by atomic mass is 16.5. The highest BCUT2D eigenvalue weighted by molar-refractivity contribution is 5.65. The maximum atomic E-state index is 11.9. The van der Waals surface area contributed by atoms with Gasteiger partial charge in [-0.3, -0.25) is 4.79 Å². The Balaban J connectivity index is 2.56. The average molecular weight is 230 g/mol. The number of rotatable bonds is 2. The third kappa shape index (κ3) is 2.23. The summed E-state index contributed by atoms with van der Waals surface area (Å²) in [6.45, 7) is 3.57. The van der Waals surface area contributed by atoms with Crippen LogP contribution in [0.4, 0.5) is 0 Å². The molecule has 3 heteroatoms. The van der Waals surface area contributed by atoms with Crippen molar-refractivity contribution in [1.82, 2.24) is 0 Å². The van der Waals surface area contributed by atoms with Gasteiger partial charge in [0.1, 0.15) is 17.3 Å². The zero-order valence-electron chi connectivity index (χ0n) is 10.1. The Labute approximate surface area is 99.7 Å². The van der Waals surface area contributed by atoms with Crippen LogP contribution < -0.4 is 10.2 Å². The highest BCUT2D eigenvalue weighted by Gasteiger charge is 2.09. The molecule has 0 aliphatic heterocycles. The molecule has 0 radical (unpaired) electrons. The van der Waals surface area contributed by atoms with Crippen molar-refractivity contribution in [2.45, 2.75) is 13.8 Å². The number of benzene rings is 1. The van der Waals surface area contributed by atoms with Gasteiger partial charge in [0.2, 0.25) is 0 Å². The van der Waals surface area contributed by atoms with Crippen molar-refractivity contribution in [2.24, 2.45) is 0 Å². The minimum atomic E-state index is -0.0172. The van der Waals surface area contributed by atoms with Crippen LogP contribution in [0, 0.1) is 13.8 Å². The first kappa shape index (κ1) is 11.5. The molecule has 0 saturated carbocycles. The van der Waals surface area contributed by atoms with Gasteiger partial charge in [-0.1, -0.05) is 12.1 Å². The van der Waals surface area contributed by atoms with Crippen LogP contribution >= 0.6 is 0 Å². The minimum Gasteiger partial charge on any atom is -0.497 e. The summed E-state index contributed by atoms with van der Waals surface area (Å²) in [5.74, 6) is 2.04. The normalized spacial score (nSPS) is 10.3. The summed E-state index contributed by atoms with van der Waals surface area (Å²) in [5, 5.41) is 0. The second-order valence-corrected chi connectivity index (χ2v) is 3.88. The first-order valence-corrected chi connectivity index (χ1v) is 5.37. The van der Waals surface area contributed by atoms with Crippen molar-refractivity contribution in [3.63, 3.8) is 0 Å². The third-order valence-electron chi connectivity index (χ3n) is 2.63. The molecule has 88 valence electrons. The van der Waals surface area contributed by atoms with E-state index in [1.54, 1.807) is 21.0 Å². The van der Waals surface area contributed by atoms with E-state index in [1.165, 1.54) is 6.07 Å². The number of methoxy groups -OCH3 is 1. The molecular weight excluding hydrogens is 216 g/mol. The molecule has 3 nitrogen and oxygen atoms in total. The van der Waals surface area contributed by atoms with E-state index in [1.807, 2.05) is 24.3 Å². The van der Waals surface area contributed by atoms with Gasteiger partial charge in [-0.2, -0.15) is 0 Å².